The third-order valence-electron chi connectivity index (χ3n) is 2.92. The fraction of sp³-hybridized carbons (Fsp3) is 0.375. The third-order valence-corrected chi connectivity index (χ3v) is 4.06. The van der Waals surface area contributed by atoms with E-state index >= 15 is 0 Å². The number of benzene rings is 1. The number of aromatic nitrogens is 1. The second-order valence-corrected chi connectivity index (χ2v) is 6.34. The van der Waals surface area contributed by atoms with Gasteiger partial charge in [0.05, 0.1) is 11.6 Å². The van der Waals surface area contributed by atoms with E-state index in [1.165, 1.54) is 4.88 Å². The molecule has 0 aliphatic carbocycles. The fourth-order valence-electron chi connectivity index (χ4n) is 1.90. The van der Waals surface area contributed by atoms with Crippen LogP contribution in [0.25, 0.3) is 0 Å². The molecular weight excluding hydrogens is 282 g/mol. The number of thiazole rings is 1. The zero-order valence-corrected chi connectivity index (χ0v) is 13.5. The Kier molecular flexibility index (Phi) is 5.33. The van der Waals surface area contributed by atoms with Gasteiger partial charge < -0.3 is 10.6 Å². The summed E-state index contributed by atoms with van der Waals surface area (Å²) in [4.78, 5) is 17.5. The van der Waals surface area contributed by atoms with E-state index in [0.29, 0.717) is 5.56 Å². The summed E-state index contributed by atoms with van der Waals surface area (Å²) in [7, 11) is 0. The predicted molar refractivity (Wildman–Crippen MR) is 87.9 cm³/mol. The number of amides is 1. The molecule has 21 heavy (non-hydrogen) atoms. The van der Waals surface area contributed by atoms with Crippen molar-refractivity contribution in [2.24, 2.45) is 0 Å². The largest absolute Gasteiger partial charge is 0.380 e. The van der Waals surface area contributed by atoms with Crippen LogP contribution in [0.2, 0.25) is 0 Å². The molecule has 0 spiro atoms. The molecule has 4 nitrogen and oxygen atoms in total. The summed E-state index contributed by atoms with van der Waals surface area (Å²) in [5.74, 6) is -0.0419. The average molecular weight is 303 g/mol. The quantitative estimate of drug-likeness (QED) is 0.859. The number of nitrogens with one attached hydrogen (secondary N) is 2. The maximum atomic E-state index is 12.0. The van der Waals surface area contributed by atoms with Crippen LogP contribution in [0.15, 0.2) is 30.5 Å². The van der Waals surface area contributed by atoms with Gasteiger partial charge in [-0.25, -0.2) is 4.98 Å². The highest BCUT2D eigenvalue weighted by atomic mass is 32.1. The van der Waals surface area contributed by atoms with Crippen molar-refractivity contribution in [3.8, 4) is 0 Å². The molecule has 5 heteroatoms. The van der Waals surface area contributed by atoms with Gasteiger partial charge in [-0.15, -0.1) is 11.3 Å². The molecule has 0 aliphatic heterocycles. The summed E-state index contributed by atoms with van der Waals surface area (Å²) >= 11 is 1.72. The van der Waals surface area contributed by atoms with Crippen LogP contribution in [0.5, 0.6) is 0 Å². The van der Waals surface area contributed by atoms with Crippen molar-refractivity contribution in [2.45, 2.75) is 39.8 Å². The summed E-state index contributed by atoms with van der Waals surface area (Å²) in [6.45, 7) is 6.74. The number of rotatable bonds is 6. The van der Waals surface area contributed by atoms with Gasteiger partial charge >= 0.3 is 0 Å². The number of carbonyl (C=O) groups excluding carboxylic acids is 1. The van der Waals surface area contributed by atoms with Gasteiger partial charge in [-0.3, -0.25) is 4.79 Å². The molecule has 0 radical (unpaired) electrons. The molecule has 0 unspecified atom stereocenters. The minimum atomic E-state index is -0.0419. The van der Waals surface area contributed by atoms with E-state index in [-0.39, 0.29) is 11.9 Å². The number of hydrogen-bond acceptors (Lipinski definition) is 4. The topological polar surface area (TPSA) is 54.0 Å². The maximum absolute atomic E-state index is 12.0. The molecule has 0 aliphatic rings. The average Bonchev–Trinajstić information content (AvgIpc) is 2.93. The normalized spacial score (nSPS) is 10.7. The Balaban J connectivity index is 1.99. The number of carbonyl (C=O) groups is 1. The molecule has 1 aromatic heterocycles. The number of hydrogen-bond donors (Lipinski definition) is 2. The molecule has 0 saturated heterocycles. The lowest BCUT2D eigenvalue weighted by molar-refractivity contribution is 0.0943. The van der Waals surface area contributed by atoms with Crippen LogP contribution in [-0.2, 0) is 13.0 Å². The van der Waals surface area contributed by atoms with Gasteiger partial charge in [0.2, 0.25) is 0 Å². The van der Waals surface area contributed by atoms with E-state index < -0.39 is 0 Å². The van der Waals surface area contributed by atoms with Crippen LogP contribution in [0, 0.1) is 0 Å². The van der Waals surface area contributed by atoms with E-state index in [2.05, 4.69) is 22.5 Å². The molecule has 2 aromatic rings. The molecular formula is C16H21N3OS. The lowest BCUT2D eigenvalue weighted by Gasteiger charge is -2.10. The van der Waals surface area contributed by atoms with Crippen molar-refractivity contribution >= 4 is 22.9 Å². The van der Waals surface area contributed by atoms with E-state index in [0.717, 1.165) is 23.7 Å². The van der Waals surface area contributed by atoms with Crippen molar-refractivity contribution in [1.29, 1.82) is 0 Å². The summed E-state index contributed by atoms with van der Waals surface area (Å²) in [5.41, 5.74) is 1.62. The molecule has 2 N–H and O–H groups in total. The minimum absolute atomic E-state index is 0.0419. The third kappa shape index (κ3) is 4.56. The van der Waals surface area contributed by atoms with Gasteiger partial charge in [-0.05, 0) is 38.5 Å². The highest BCUT2D eigenvalue weighted by Crippen LogP contribution is 2.16. The van der Waals surface area contributed by atoms with Gasteiger partial charge in [0.15, 0.2) is 0 Å². The fourth-order valence-corrected chi connectivity index (χ4v) is 2.70. The van der Waals surface area contributed by atoms with Gasteiger partial charge in [-0.1, -0.05) is 13.0 Å². The van der Waals surface area contributed by atoms with Gasteiger partial charge in [0.25, 0.3) is 5.91 Å². The van der Waals surface area contributed by atoms with E-state index in [9.17, 15) is 4.79 Å². The first-order valence-electron chi connectivity index (χ1n) is 7.17. The lowest BCUT2D eigenvalue weighted by atomic mass is 10.2. The standard InChI is InChI=1S/C16H21N3OS/c1-4-15-18-10-14(21-15)9-17-13-7-5-6-12(8-13)16(20)19-11(2)3/h5-8,10-11,17H,4,9H2,1-3H3,(H,19,20). The SMILES string of the molecule is CCc1ncc(CNc2cccc(C(=O)NC(C)C)c2)s1. The monoisotopic (exact) mass is 303 g/mol. The molecule has 2 rings (SSSR count). The number of anilines is 1. The number of nitrogens with zero attached hydrogens (tertiary/aromatic N) is 1. The molecule has 1 amide bonds. The highest BCUT2D eigenvalue weighted by molar-refractivity contribution is 7.11. The van der Waals surface area contributed by atoms with Crippen LogP contribution in [0.1, 0.15) is 41.0 Å². The molecule has 0 saturated carbocycles. The first-order chi connectivity index (χ1) is 10.1. The molecule has 0 fully saturated rings. The first-order valence-corrected chi connectivity index (χ1v) is 7.98. The van der Waals surface area contributed by atoms with E-state index in [1.807, 2.05) is 44.3 Å². The smallest absolute Gasteiger partial charge is 0.251 e. The Hall–Kier alpha value is -1.88. The van der Waals surface area contributed by atoms with Crippen molar-refractivity contribution in [2.75, 3.05) is 5.32 Å². The number of aryl methyl sites for hydroxylation is 1. The molecule has 1 aromatic carbocycles. The summed E-state index contributed by atoms with van der Waals surface area (Å²) < 4.78 is 0. The molecule has 1 heterocycles. The van der Waals surface area contributed by atoms with Crippen LogP contribution in [0.4, 0.5) is 5.69 Å². The maximum Gasteiger partial charge on any atom is 0.251 e. The molecule has 112 valence electrons. The second-order valence-electron chi connectivity index (χ2n) is 5.14. The Morgan fingerprint density at radius 3 is 2.86 bits per heavy atom. The summed E-state index contributed by atoms with van der Waals surface area (Å²) in [6, 6.07) is 7.69. The van der Waals surface area contributed by atoms with Gasteiger partial charge in [0, 0.05) is 28.4 Å². The summed E-state index contributed by atoms with van der Waals surface area (Å²) in [6.07, 6.45) is 2.88. The molecule has 0 bridgehead atoms. The first kappa shape index (κ1) is 15.5. The Morgan fingerprint density at radius 1 is 1.38 bits per heavy atom. The van der Waals surface area contributed by atoms with Crippen LogP contribution in [-0.4, -0.2) is 16.9 Å². The van der Waals surface area contributed by atoms with Crippen molar-refractivity contribution in [1.82, 2.24) is 10.3 Å². The zero-order valence-electron chi connectivity index (χ0n) is 12.6. The minimum Gasteiger partial charge on any atom is -0.380 e. The lowest BCUT2D eigenvalue weighted by Crippen LogP contribution is -2.30. The van der Waals surface area contributed by atoms with Crippen molar-refractivity contribution < 1.29 is 4.79 Å². The van der Waals surface area contributed by atoms with Crippen LogP contribution >= 0.6 is 11.3 Å². The second kappa shape index (κ2) is 7.22. The summed E-state index contributed by atoms with van der Waals surface area (Å²) in [5, 5.41) is 7.38. The molecule has 0 atom stereocenters. The van der Waals surface area contributed by atoms with E-state index in [1.54, 1.807) is 11.3 Å². The Morgan fingerprint density at radius 2 is 2.19 bits per heavy atom. The Labute approximate surface area is 129 Å². The van der Waals surface area contributed by atoms with Crippen LogP contribution in [0.3, 0.4) is 0 Å². The van der Waals surface area contributed by atoms with E-state index in [4.69, 9.17) is 0 Å². The zero-order chi connectivity index (χ0) is 15.2. The Bertz CT molecular complexity index is 607. The predicted octanol–water partition coefficient (Wildman–Crippen LogP) is 3.46. The van der Waals surface area contributed by atoms with Gasteiger partial charge in [0.1, 0.15) is 0 Å². The van der Waals surface area contributed by atoms with Crippen molar-refractivity contribution in [3.63, 3.8) is 0 Å². The van der Waals surface area contributed by atoms with Crippen LogP contribution < -0.4 is 10.6 Å². The van der Waals surface area contributed by atoms with Crippen molar-refractivity contribution in [3.05, 3.63) is 45.9 Å². The van der Waals surface area contributed by atoms with Gasteiger partial charge in [-0.2, -0.15) is 0 Å². The highest BCUT2D eigenvalue weighted by Gasteiger charge is 2.07.